The molecule has 42 heavy (non-hydrogen) atoms. The molecule has 0 fully saturated rings. The van der Waals surface area contributed by atoms with E-state index in [2.05, 4.69) is 41.2 Å². The highest BCUT2D eigenvalue weighted by Gasteiger charge is 2.31. The van der Waals surface area contributed by atoms with Gasteiger partial charge < -0.3 is 10.6 Å². The number of carbonyl (C=O) groups excluding carboxylic acids is 2. The van der Waals surface area contributed by atoms with Gasteiger partial charge in [0.2, 0.25) is 0 Å². The second-order valence-corrected chi connectivity index (χ2v) is 8.92. The molecule has 18 heteroatoms. The maximum absolute atomic E-state index is 12.8. The molecule has 0 aromatic carbocycles. The van der Waals surface area contributed by atoms with E-state index in [9.17, 15) is 35.9 Å². The minimum Gasteiger partial charge on any atom is -0.346 e. The molecule has 4 aromatic heterocycles. The average molecular weight is 596 g/mol. The van der Waals surface area contributed by atoms with Crippen LogP contribution in [-0.2, 0) is 38.5 Å². The summed E-state index contributed by atoms with van der Waals surface area (Å²) in [6.45, 7) is 0.380. The minimum atomic E-state index is -4.54. The lowest BCUT2D eigenvalue weighted by molar-refractivity contribution is -0.138. The van der Waals surface area contributed by atoms with Crippen LogP contribution in [0.3, 0.4) is 0 Å². The molecular weight excluding hydrogens is 574 g/mol. The van der Waals surface area contributed by atoms with Gasteiger partial charge in [0.1, 0.15) is 0 Å². The number of halogens is 6. The van der Waals surface area contributed by atoms with E-state index in [1.807, 2.05) is 0 Å². The molecule has 4 aromatic rings. The Morgan fingerprint density at radius 2 is 1.33 bits per heavy atom. The summed E-state index contributed by atoms with van der Waals surface area (Å²) in [5.41, 5.74) is -1.61. The topological polar surface area (TPSA) is 145 Å². The predicted octanol–water partition coefficient (Wildman–Crippen LogP) is 3.04. The fourth-order valence-corrected chi connectivity index (χ4v) is 3.60. The molecule has 222 valence electrons. The summed E-state index contributed by atoms with van der Waals surface area (Å²) in [6, 6.07) is 2.58. The van der Waals surface area contributed by atoms with Crippen molar-refractivity contribution in [2.45, 2.75) is 51.4 Å². The van der Waals surface area contributed by atoms with Crippen LogP contribution in [0.1, 0.15) is 56.2 Å². The van der Waals surface area contributed by atoms with Crippen molar-refractivity contribution in [2.75, 3.05) is 0 Å². The molecule has 4 heterocycles. The summed E-state index contributed by atoms with van der Waals surface area (Å²) in [5, 5.41) is 20.2. The van der Waals surface area contributed by atoms with E-state index in [1.54, 1.807) is 0 Å². The summed E-state index contributed by atoms with van der Waals surface area (Å²) in [5.74, 6) is -1.24. The molecule has 0 saturated carbocycles. The number of hydrogen-bond acceptors (Lipinski definition) is 8. The molecule has 0 aliphatic rings. The number of unbranched alkanes of at least 4 members (excludes halogenated alkanes) is 1. The zero-order valence-electron chi connectivity index (χ0n) is 21.5. The highest BCUT2D eigenvalue weighted by Crippen LogP contribution is 2.29. The van der Waals surface area contributed by atoms with Gasteiger partial charge in [0.25, 0.3) is 11.8 Å². The van der Waals surface area contributed by atoms with E-state index in [0.29, 0.717) is 32.1 Å². The molecule has 0 spiro atoms. The van der Waals surface area contributed by atoms with E-state index in [1.165, 1.54) is 28.0 Å². The number of amides is 2. The van der Waals surface area contributed by atoms with Gasteiger partial charge in [-0.2, -0.15) is 26.3 Å². The molecule has 12 nitrogen and oxygen atoms in total. The van der Waals surface area contributed by atoms with Crippen LogP contribution in [0.15, 0.2) is 49.2 Å². The van der Waals surface area contributed by atoms with Crippen LogP contribution in [0.25, 0.3) is 0 Å². The average Bonchev–Trinajstić information content (AvgIpc) is 3.62. The molecule has 0 aliphatic heterocycles. The quantitative estimate of drug-likeness (QED) is 0.199. The lowest BCUT2D eigenvalue weighted by Gasteiger charge is -2.08. The SMILES string of the molecule is O=C(NCc1cncc(C(F)(F)F)c1)c1cn(CCCCn2cc(C(=O)NCc3cc(C(F)(F)F)ccn3)nn2)nn1. The van der Waals surface area contributed by atoms with Crippen LogP contribution in [0.5, 0.6) is 0 Å². The fraction of sp³-hybridized carbons (Fsp3) is 0.333. The second-order valence-electron chi connectivity index (χ2n) is 8.92. The van der Waals surface area contributed by atoms with Gasteiger partial charge in [-0.05, 0) is 36.6 Å². The van der Waals surface area contributed by atoms with Gasteiger partial charge in [-0.15, -0.1) is 10.2 Å². The van der Waals surface area contributed by atoms with Crippen molar-refractivity contribution in [3.63, 3.8) is 0 Å². The summed E-state index contributed by atoms with van der Waals surface area (Å²) in [6.07, 6.45) is -2.17. The van der Waals surface area contributed by atoms with Gasteiger partial charge in [-0.3, -0.25) is 28.9 Å². The third-order valence-corrected chi connectivity index (χ3v) is 5.72. The highest BCUT2D eigenvalue weighted by atomic mass is 19.4. The first-order valence-electron chi connectivity index (χ1n) is 12.3. The lowest BCUT2D eigenvalue weighted by Crippen LogP contribution is -2.24. The van der Waals surface area contributed by atoms with Gasteiger partial charge in [-0.1, -0.05) is 10.4 Å². The molecule has 4 rings (SSSR count). The molecule has 2 N–H and O–H groups in total. The van der Waals surface area contributed by atoms with Crippen LogP contribution in [0.4, 0.5) is 26.3 Å². The predicted molar refractivity (Wildman–Crippen MR) is 130 cm³/mol. The van der Waals surface area contributed by atoms with Crippen molar-refractivity contribution in [3.8, 4) is 0 Å². The Labute approximate surface area is 233 Å². The van der Waals surface area contributed by atoms with Crippen molar-refractivity contribution >= 4 is 11.8 Å². The lowest BCUT2D eigenvalue weighted by atomic mass is 10.2. The van der Waals surface area contributed by atoms with Crippen LogP contribution >= 0.6 is 0 Å². The number of aryl methyl sites for hydroxylation is 2. The van der Waals surface area contributed by atoms with Crippen molar-refractivity contribution in [2.24, 2.45) is 0 Å². The summed E-state index contributed by atoms with van der Waals surface area (Å²) >= 11 is 0. The van der Waals surface area contributed by atoms with Gasteiger partial charge in [0.05, 0.1) is 35.8 Å². The fourth-order valence-electron chi connectivity index (χ4n) is 3.60. The number of carbonyl (C=O) groups is 2. The third-order valence-electron chi connectivity index (χ3n) is 5.72. The van der Waals surface area contributed by atoms with E-state index < -0.39 is 35.3 Å². The Balaban J connectivity index is 1.18. The number of alkyl halides is 6. The van der Waals surface area contributed by atoms with Gasteiger partial charge in [0.15, 0.2) is 11.4 Å². The monoisotopic (exact) mass is 596 g/mol. The van der Waals surface area contributed by atoms with Crippen LogP contribution in [-0.4, -0.2) is 51.8 Å². The first-order chi connectivity index (χ1) is 19.9. The molecule has 0 aliphatic carbocycles. The number of pyridine rings is 2. The van der Waals surface area contributed by atoms with Gasteiger partial charge in [-0.25, -0.2) is 0 Å². The largest absolute Gasteiger partial charge is 0.417 e. The molecule has 0 saturated heterocycles. The Bertz CT molecular complexity index is 1420. The van der Waals surface area contributed by atoms with E-state index in [4.69, 9.17) is 0 Å². The summed E-state index contributed by atoms with van der Waals surface area (Å²) in [4.78, 5) is 31.9. The first-order valence-corrected chi connectivity index (χ1v) is 12.3. The summed E-state index contributed by atoms with van der Waals surface area (Å²) in [7, 11) is 0. The van der Waals surface area contributed by atoms with Crippen LogP contribution < -0.4 is 10.6 Å². The van der Waals surface area contributed by atoms with Crippen LogP contribution in [0, 0.1) is 0 Å². The number of nitrogens with one attached hydrogen (secondary N) is 2. The highest BCUT2D eigenvalue weighted by molar-refractivity contribution is 5.92. The Kier molecular flexibility index (Phi) is 9.12. The van der Waals surface area contributed by atoms with Crippen molar-refractivity contribution < 1.29 is 35.9 Å². The molecule has 0 atom stereocenters. The zero-order valence-corrected chi connectivity index (χ0v) is 21.5. The molecule has 0 radical (unpaired) electrons. The van der Waals surface area contributed by atoms with Gasteiger partial charge >= 0.3 is 12.4 Å². The molecule has 0 bridgehead atoms. The second kappa shape index (κ2) is 12.7. The number of aromatic nitrogens is 8. The van der Waals surface area contributed by atoms with E-state index in [0.717, 1.165) is 24.4 Å². The molecule has 2 amide bonds. The third kappa shape index (κ3) is 8.31. The van der Waals surface area contributed by atoms with Crippen molar-refractivity contribution in [3.05, 3.63) is 83.0 Å². The summed E-state index contributed by atoms with van der Waals surface area (Å²) < 4.78 is 79.8. The Morgan fingerprint density at radius 3 is 1.90 bits per heavy atom. The van der Waals surface area contributed by atoms with E-state index >= 15 is 0 Å². The Morgan fingerprint density at radius 1 is 0.762 bits per heavy atom. The number of nitrogens with zero attached hydrogens (tertiary/aromatic N) is 8. The van der Waals surface area contributed by atoms with Crippen molar-refractivity contribution in [1.82, 2.24) is 50.6 Å². The standard InChI is InChI=1S/C24H22F6N10O2/c25-23(26,27)16-3-4-32-18(8-16)12-34-22(42)20-14-40(38-36-20)6-2-1-5-39-13-19(35-37-39)21(41)33-10-15-7-17(11-31-9-15)24(28,29)30/h3-4,7-9,11,13-14H,1-2,5-6,10,12H2,(H,33,41)(H,34,42). The maximum atomic E-state index is 12.8. The van der Waals surface area contributed by atoms with Crippen molar-refractivity contribution in [1.29, 1.82) is 0 Å². The smallest absolute Gasteiger partial charge is 0.346 e. The van der Waals surface area contributed by atoms with Crippen LogP contribution in [0.2, 0.25) is 0 Å². The molecule has 0 unspecified atom stereocenters. The Hall–Kier alpha value is -4.90. The first kappa shape index (κ1) is 30.1. The minimum absolute atomic E-state index is 0.0119. The molecular formula is C24H22F6N10O2. The maximum Gasteiger partial charge on any atom is 0.417 e. The van der Waals surface area contributed by atoms with Gasteiger partial charge in [0, 0.05) is 38.2 Å². The number of rotatable bonds is 11. The van der Waals surface area contributed by atoms with E-state index in [-0.39, 0.29) is 35.7 Å². The normalized spacial score (nSPS) is 11.9. The number of hydrogen-bond donors (Lipinski definition) is 2. The zero-order chi connectivity index (χ0) is 30.3.